The first-order valence-corrected chi connectivity index (χ1v) is 12.6. The van der Waals surface area contributed by atoms with E-state index < -0.39 is 10.0 Å². The molecule has 33 heavy (non-hydrogen) atoms. The molecule has 0 bridgehead atoms. The van der Waals surface area contributed by atoms with Gasteiger partial charge >= 0.3 is 0 Å². The molecule has 0 saturated carbocycles. The first kappa shape index (κ1) is 21.6. The van der Waals surface area contributed by atoms with Gasteiger partial charge in [0.2, 0.25) is 0 Å². The highest BCUT2D eigenvalue weighted by Crippen LogP contribution is 2.49. The Morgan fingerprint density at radius 2 is 1.52 bits per heavy atom. The molecule has 5 rings (SSSR count). The van der Waals surface area contributed by atoms with E-state index in [9.17, 15) is 13.5 Å². The van der Waals surface area contributed by atoms with E-state index in [0.29, 0.717) is 17.1 Å². The molecule has 0 amide bonds. The van der Waals surface area contributed by atoms with Crippen LogP contribution in [0.3, 0.4) is 0 Å². The minimum Gasteiger partial charge on any atom is -0.508 e. The zero-order valence-electron chi connectivity index (χ0n) is 17.9. The summed E-state index contributed by atoms with van der Waals surface area (Å²) < 4.78 is 29.3. The van der Waals surface area contributed by atoms with Crippen LogP contribution >= 0.6 is 11.6 Å². The van der Waals surface area contributed by atoms with Crippen LogP contribution in [0.2, 0.25) is 5.02 Å². The molecule has 0 spiro atoms. The van der Waals surface area contributed by atoms with Crippen LogP contribution in [-0.2, 0) is 10.0 Å². The third kappa shape index (κ3) is 3.58. The maximum absolute atomic E-state index is 13.9. The van der Waals surface area contributed by atoms with Crippen molar-refractivity contribution in [1.82, 2.24) is 0 Å². The monoisotopic (exact) mass is 475 g/mol. The Morgan fingerprint density at radius 1 is 0.848 bits per heavy atom. The van der Waals surface area contributed by atoms with Crippen LogP contribution in [0.15, 0.2) is 95.9 Å². The molecule has 1 heterocycles. The summed E-state index contributed by atoms with van der Waals surface area (Å²) in [5.74, 6) is 0.0229. The van der Waals surface area contributed by atoms with Crippen LogP contribution < -0.4 is 4.31 Å². The molecule has 4 nitrogen and oxygen atoms in total. The van der Waals surface area contributed by atoms with Gasteiger partial charge in [-0.15, -0.1) is 0 Å². The Kier molecular flexibility index (Phi) is 5.39. The number of benzene rings is 4. The minimum atomic E-state index is -3.89. The number of anilines is 1. The van der Waals surface area contributed by atoms with E-state index in [0.717, 1.165) is 27.8 Å². The third-order valence-electron chi connectivity index (χ3n) is 6.09. The van der Waals surface area contributed by atoms with Gasteiger partial charge in [-0.3, -0.25) is 4.31 Å². The van der Waals surface area contributed by atoms with Crippen molar-refractivity contribution in [2.75, 3.05) is 4.31 Å². The summed E-state index contributed by atoms with van der Waals surface area (Å²) in [5.41, 5.74) is 5.27. The lowest BCUT2D eigenvalue weighted by Gasteiger charge is -2.39. The normalized spacial score (nSPS) is 15.1. The summed E-state index contributed by atoms with van der Waals surface area (Å²) in [4.78, 5) is 0.138. The summed E-state index contributed by atoms with van der Waals surface area (Å²) >= 11 is 6.46. The van der Waals surface area contributed by atoms with Crippen LogP contribution in [-0.4, -0.2) is 13.5 Å². The zero-order valence-corrected chi connectivity index (χ0v) is 19.5. The molecular weight excluding hydrogens is 454 g/mol. The molecule has 6 heteroatoms. The second kappa shape index (κ2) is 8.25. The number of phenolic OH excluding ortho intramolecular Hbond substituents is 1. The summed E-state index contributed by atoms with van der Waals surface area (Å²) in [6, 6.07) is 26.7. The summed E-state index contributed by atoms with van der Waals surface area (Å²) in [5, 5.41) is 10.3. The van der Waals surface area contributed by atoms with Crippen molar-refractivity contribution in [2.45, 2.75) is 24.3 Å². The Labute approximate surface area is 198 Å². The number of halogens is 1. The molecule has 0 fully saturated rings. The molecule has 1 unspecified atom stereocenters. The second-order valence-electron chi connectivity index (χ2n) is 8.02. The van der Waals surface area contributed by atoms with Crippen LogP contribution in [0, 0.1) is 0 Å². The predicted molar refractivity (Wildman–Crippen MR) is 133 cm³/mol. The van der Waals surface area contributed by atoms with Gasteiger partial charge in [0.25, 0.3) is 10.0 Å². The number of aromatic hydroxyl groups is 1. The number of nitrogens with zero attached hydrogens (tertiary/aromatic N) is 1. The molecule has 1 aliphatic heterocycles. The van der Waals surface area contributed by atoms with Gasteiger partial charge in [-0.1, -0.05) is 67.1 Å². The lowest BCUT2D eigenvalue weighted by atomic mass is 9.87. The van der Waals surface area contributed by atoms with Crippen LogP contribution in [0.25, 0.3) is 22.3 Å². The number of phenols is 1. The van der Waals surface area contributed by atoms with Crippen molar-refractivity contribution in [1.29, 1.82) is 0 Å². The molecule has 4 aromatic rings. The highest BCUT2D eigenvalue weighted by atomic mass is 35.5. The average Bonchev–Trinajstić information content (AvgIpc) is 2.83. The van der Waals surface area contributed by atoms with Crippen LogP contribution in [0.4, 0.5) is 5.69 Å². The fraction of sp³-hybridized carbons (Fsp3) is 0.111. The smallest absolute Gasteiger partial charge is 0.264 e. The lowest BCUT2D eigenvalue weighted by molar-refractivity contribution is 0.474. The van der Waals surface area contributed by atoms with E-state index in [-0.39, 0.29) is 16.7 Å². The van der Waals surface area contributed by atoms with E-state index in [1.807, 2.05) is 73.7 Å². The Morgan fingerprint density at radius 3 is 2.21 bits per heavy atom. The zero-order chi connectivity index (χ0) is 23.2. The Bertz CT molecular complexity index is 1450. The molecule has 4 aromatic carbocycles. The van der Waals surface area contributed by atoms with E-state index >= 15 is 0 Å². The van der Waals surface area contributed by atoms with Gasteiger partial charge in [0.15, 0.2) is 0 Å². The van der Waals surface area contributed by atoms with Gasteiger partial charge in [0.05, 0.1) is 16.6 Å². The third-order valence-corrected chi connectivity index (χ3v) is 8.26. The van der Waals surface area contributed by atoms with Gasteiger partial charge in [-0.2, -0.15) is 0 Å². The maximum Gasteiger partial charge on any atom is 0.264 e. The molecule has 0 radical (unpaired) electrons. The number of hydrogen-bond acceptors (Lipinski definition) is 3. The molecule has 0 aromatic heterocycles. The van der Waals surface area contributed by atoms with Crippen molar-refractivity contribution in [3.05, 3.63) is 102 Å². The first-order chi connectivity index (χ1) is 15.9. The van der Waals surface area contributed by atoms with Crippen molar-refractivity contribution in [3.8, 4) is 28.0 Å². The first-order valence-electron chi connectivity index (χ1n) is 10.7. The van der Waals surface area contributed by atoms with Crippen molar-refractivity contribution in [2.24, 2.45) is 0 Å². The van der Waals surface area contributed by atoms with Crippen molar-refractivity contribution < 1.29 is 13.5 Å². The Hall–Kier alpha value is -3.28. The van der Waals surface area contributed by atoms with Gasteiger partial charge in [-0.25, -0.2) is 8.42 Å². The fourth-order valence-corrected chi connectivity index (χ4v) is 6.52. The average molecular weight is 476 g/mol. The van der Waals surface area contributed by atoms with E-state index in [2.05, 4.69) is 0 Å². The van der Waals surface area contributed by atoms with Crippen LogP contribution in [0.5, 0.6) is 5.75 Å². The van der Waals surface area contributed by atoms with Crippen LogP contribution in [0.1, 0.15) is 24.9 Å². The van der Waals surface area contributed by atoms with E-state index in [1.54, 1.807) is 0 Å². The summed E-state index contributed by atoms with van der Waals surface area (Å²) in [7, 11) is -3.89. The molecule has 0 aliphatic carbocycles. The number of rotatable bonds is 4. The van der Waals surface area contributed by atoms with Gasteiger partial charge < -0.3 is 5.11 Å². The SMILES string of the molecule is CCC1c2ccccc2-c2cc(-c3ccccc3Cl)ccc2N1S(=O)(=O)c1ccc(O)cc1. The minimum absolute atomic E-state index is 0.0229. The van der Waals surface area contributed by atoms with Gasteiger partial charge in [0.1, 0.15) is 5.75 Å². The quantitative estimate of drug-likeness (QED) is 0.344. The molecule has 1 N–H and O–H groups in total. The van der Waals surface area contributed by atoms with E-state index in [1.165, 1.54) is 28.6 Å². The molecule has 0 saturated heterocycles. The molecular formula is C27H22ClNO3S. The highest BCUT2D eigenvalue weighted by Gasteiger charge is 2.38. The lowest BCUT2D eigenvalue weighted by Crippen LogP contribution is -2.37. The standard InChI is InChI=1S/C27H22ClNO3S/c1-2-26-23-9-4-3-8-22(23)24-17-18(21-7-5-6-10-25(21)28)11-16-27(24)29(26)33(31,32)20-14-12-19(30)13-15-20/h3-17,26,30H,2H2,1H3. The summed E-state index contributed by atoms with van der Waals surface area (Å²) in [6.07, 6.45) is 0.611. The van der Waals surface area contributed by atoms with Crippen molar-refractivity contribution in [3.63, 3.8) is 0 Å². The maximum atomic E-state index is 13.9. The van der Waals surface area contributed by atoms with Gasteiger partial charge in [-0.05, 0) is 65.6 Å². The predicted octanol–water partition coefficient (Wildman–Crippen LogP) is 7.04. The second-order valence-corrected chi connectivity index (χ2v) is 10.2. The fourth-order valence-electron chi connectivity index (χ4n) is 4.55. The number of fused-ring (bicyclic) bond motifs is 3. The molecule has 166 valence electrons. The molecule has 1 aliphatic rings. The summed E-state index contributed by atoms with van der Waals surface area (Å²) in [6.45, 7) is 1.99. The highest BCUT2D eigenvalue weighted by molar-refractivity contribution is 7.92. The Balaban J connectivity index is 1.76. The molecule has 1 atom stereocenters. The largest absolute Gasteiger partial charge is 0.508 e. The van der Waals surface area contributed by atoms with Gasteiger partial charge in [0, 0.05) is 16.1 Å². The van der Waals surface area contributed by atoms with Crippen molar-refractivity contribution >= 4 is 27.3 Å². The number of sulfonamides is 1. The topological polar surface area (TPSA) is 57.6 Å². The van der Waals surface area contributed by atoms with E-state index in [4.69, 9.17) is 11.6 Å². The number of hydrogen-bond donors (Lipinski definition) is 1.